The fourth-order valence-electron chi connectivity index (χ4n) is 2.46. The molecule has 0 radical (unpaired) electrons. The predicted molar refractivity (Wildman–Crippen MR) is 64.2 cm³/mol. The van der Waals surface area contributed by atoms with Gasteiger partial charge in [-0.3, -0.25) is 0 Å². The zero-order valence-electron chi connectivity index (χ0n) is 10.6. The van der Waals surface area contributed by atoms with E-state index in [1.54, 1.807) is 21.3 Å². The third-order valence-corrected chi connectivity index (χ3v) is 6.31. The van der Waals surface area contributed by atoms with E-state index in [1.165, 1.54) is 6.42 Å². The topological polar surface area (TPSA) is 47.9 Å². The van der Waals surface area contributed by atoms with Crippen molar-refractivity contribution in [3.63, 3.8) is 0 Å². The molecule has 4 nitrogen and oxygen atoms in total. The molecule has 2 atom stereocenters. The van der Waals surface area contributed by atoms with E-state index < -0.39 is 8.80 Å². The standard InChI is InChI=1S/C11H24O4Si/c1-13-16(14-2,15-3)8-7-10-5-4-6-11(12)9-10/h10-12H,4-9H2,1-3H3. The molecule has 1 aliphatic rings. The lowest BCUT2D eigenvalue weighted by Crippen LogP contribution is -2.43. The molecule has 2 unspecified atom stereocenters. The largest absolute Gasteiger partial charge is 0.500 e. The Bertz CT molecular complexity index is 188. The molecule has 16 heavy (non-hydrogen) atoms. The molecule has 1 aliphatic carbocycles. The molecule has 0 aromatic carbocycles. The third-order valence-electron chi connectivity index (χ3n) is 3.55. The lowest BCUT2D eigenvalue weighted by atomic mass is 9.86. The van der Waals surface area contributed by atoms with Crippen molar-refractivity contribution in [2.45, 2.75) is 44.3 Å². The Morgan fingerprint density at radius 3 is 2.25 bits per heavy atom. The van der Waals surface area contributed by atoms with Gasteiger partial charge in [0.05, 0.1) is 6.10 Å². The van der Waals surface area contributed by atoms with Gasteiger partial charge in [0.15, 0.2) is 0 Å². The van der Waals surface area contributed by atoms with Crippen LogP contribution in [0.3, 0.4) is 0 Å². The molecule has 0 heterocycles. The van der Waals surface area contributed by atoms with Crippen LogP contribution in [-0.2, 0) is 13.3 Å². The van der Waals surface area contributed by atoms with Crippen LogP contribution in [0.4, 0.5) is 0 Å². The molecule has 1 rings (SSSR count). The summed E-state index contributed by atoms with van der Waals surface area (Å²) < 4.78 is 16.2. The minimum absolute atomic E-state index is 0.109. The molecular weight excluding hydrogens is 224 g/mol. The van der Waals surface area contributed by atoms with E-state index in [4.69, 9.17) is 13.3 Å². The SMILES string of the molecule is CO[Si](CCC1CCCC(O)C1)(OC)OC. The van der Waals surface area contributed by atoms with Gasteiger partial charge in [0.2, 0.25) is 0 Å². The van der Waals surface area contributed by atoms with Crippen LogP contribution in [0.5, 0.6) is 0 Å². The molecule has 0 aromatic rings. The van der Waals surface area contributed by atoms with Gasteiger partial charge in [-0.15, -0.1) is 0 Å². The smallest absolute Gasteiger partial charge is 0.393 e. The second-order valence-electron chi connectivity index (χ2n) is 4.52. The van der Waals surface area contributed by atoms with Crippen LogP contribution in [0.15, 0.2) is 0 Å². The van der Waals surface area contributed by atoms with Gasteiger partial charge in [0.25, 0.3) is 0 Å². The minimum atomic E-state index is -2.41. The highest BCUT2D eigenvalue weighted by atomic mass is 28.4. The van der Waals surface area contributed by atoms with Gasteiger partial charge in [-0.1, -0.05) is 12.8 Å². The summed E-state index contributed by atoms with van der Waals surface area (Å²) in [4.78, 5) is 0. The zero-order chi connectivity index (χ0) is 12.0. The summed E-state index contributed by atoms with van der Waals surface area (Å²) in [6, 6.07) is 0.841. The second kappa shape index (κ2) is 6.71. The number of hydrogen-bond acceptors (Lipinski definition) is 4. The van der Waals surface area contributed by atoms with Gasteiger partial charge in [-0.25, -0.2) is 0 Å². The summed E-state index contributed by atoms with van der Waals surface area (Å²) in [7, 11) is 2.54. The van der Waals surface area contributed by atoms with Crippen LogP contribution in [0.25, 0.3) is 0 Å². The molecule has 5 heteroatoms. The highest BCUT2D eigenvalue weighted by molar-refractivity contribution is 6.60. The number of aliphatic hydroxyl groups excluding tert-OH is 1. The van der Waals surface area contributed by atoms with Crippen LogP contribution >= 0.6 is 0 Å². The Labute approximate surface area is 99.3 Å². The van der Waals surface area contributed by atoms with E-state index >= 15 is 0 Å². The monoisotopic (exact) mass is 248 g/mol. The summed E-state index contributed by atoms with van der Waals surface area (Å²) in [6.07, 6.45) is 5.13. The van der Waals surface area contributed by atoms with Gasteiger partial charge in [-0.05, 0) is 25.2 Å². The summed E-state index contributed by atoms with van der Waals surface area (Å²) >= 11 is 0. The molecule has 0 aromatic heterocycles. The van der Waals surface area contributed by atoms with Crippen molar-refractivity contribution in [2.24, 2.45) is 5.92 Å². The van der Waals surface area contributed by atoms with Crippen LogP contribution in [0.1, 0.15) is 32.1 Å². The Morgan fingerprint density at radius 1 is 1.12 bits per heavy atom. The van der Waals surface area contributed by atoms with Crippen molar-refractivity contribution in [3.05, 3.63) is 0 Å². The first-order chi connectivity index (χ1) is 7.65. The normalized spacial score (nSPS) is 27.0. The third kappa shape index (κ3) is 3.82. The Hall–Kier alpha value is 0.0569. The van der Waals surface area contributed by atoms with Gasteiger partial charge >= 0.3 is 8.80 Å². The van der Waals surface area contributed by atoms with Crippen molar-refractivity contribution in [2.75, 3.05) is 21.3 Å². The van der Waals surface area contributed by atoms with Crippen molar-refractivity contribution >= 4 is 8.80 Å². The zero-order valence-corrected chi connectivity index (χ0v) is 11.6. The van der Waals surface area contributed by atoms with E-state index in [0.29, 0.717) is 5.92 Å². The highest BCUT2D eigenvalue weighted by Crippen LogP contribution is 2.30. The van der Waals surface area contributed by atoms with E-state index in [9.17, 15) is 5.11 Å². The predicted octanol–water partition coefficient (Wildman–Crippen LogP) is 1.81. The van der Waals surface area contributed by atoms with Crippen molar-refractivity contribution in [1.82, 2.24) is 0 Å². The molecule has 0 bridgehead atoms. The number of aliphatic hydroxyl groups is 1. The van der Waals surface area contributed by atoms with Gasteiger partial charge in [0.1, 0.15) is 0 Å². The fraction of sp³-hybridized carbons (Fsp3) is 1.00. The summed E-state index contributed by atoms with van der Waals surface area (Å²) in [5.41, 5.74) is 0. The maximum Gasteiger partial charge on any atom is 0.500 e. The van der Waals surface area contributed by atoms with Crippen LogP contribution < -0.4 is 0 Å². The Balaban J connectivity index is 2.36. The molecule has 0 aliphatic heterocycles. The summed E-state index contributed by atoms with van der Waals surface area (Å²) in [6.45, 7) is 0. The van der Waals surface area contributed by atoms with E-state index in [-0.39, 0.29) is 6.10 Å². The summed E-state index contributed by atoms with van der Waals surface area (Å²) in [5, 5.41) is 9.60. The van der Waals surface area contributed by atoms with Crippen molar-refractivity contribution in [1.29, 1.82) is 0 Å². The Morgan fingerprint density at radius 2 is 1.75 bits per heavy atom. The van der Waals surface area contributed by atoms with E-state index in [1.807, 2.05) is 0 Å². The number of rotatable bonds is 6. The first kappa shape index (κ1) is 14.1. The molecule has 1 fully saturated rings. The first-order valence-corrected chi connectivity index (χ1v) is 7.92. The maximum atomic E-state index is 9.60. The molecule has 0 amide bonds. The second-order valence-corrected chi connectivity index (χ2v) is 7.61. The van der Waals surface area contributed by atoms with Gasteiger partial charge in [0, 0.05) is 27.4 Å². The Kier molecular flexibility index (Phi) is 5.92. The molecule has 0 spiro atoms. The van der Waals surface area contributed by atoms with Crippen LogP contribution in [0, 0.1) is 5.92 Å². The number of hydrogen-bond donors (Lipinski definition) is 1. The minimum Gasteiger partial charge on any atom is -0.393 e. The molecular formula is C11H24O4Si. The average Bonchev–Trinajstić information content (AvgIpc) is 2.32. The van der Waals surface area contributed by atoms with Crippen LogP contribution in [-0.4, -0.2) is 41.3 Å². The van der Waals surface area contributed by atoms with Crippen molar-refractivity contribution < 1.29 is 18.4 Å². The van der Waals surface area contributed by atoms with E-state index in [2.05, 4.69) is 0 Å². The molecule has 0 saturated heterocycles. The lowest BCUT2D eigenvalue weighted by molar-refractivity contribution is 0.0917. The van der Waals surface area contributed by atoms with E-state index in [0.717, 1.165) is 31.7 Å². The summed E-state index contributed by atoms with van der Waals surface area (Å²) in [5.74, 6) is 0.594. The molecule has 1 N–H and O–H groups in total. The molecule has 96 valence electrons. The van der Waals surface area contributed by atoms with Crippen LogP contribution in [0.2, 0.25) is 6.04 Å². The van der Waals surface area contributed by atoms with Crippen molar-refractivity contribution in [3.8, 4) is 0 Å². The molecule has 1 saturated carbocycles. The lowest BCUT2D eigenvalue weighted by Gasteiger charge is -2.29. The fourth-order valence-corrected chi connectivity index (χ4v) is 4.34. The highest BCUT2D eigenvalue weighted by Gasteiger charge is 2.38. The maximum absolute atomic E-state index is 9.60. The quantitative estimate of drug-likeness (QED) is 0.728. The first-order valence-electron chi connectivity index (χ1n) is 5.99. The van der Waals surface area contributed by atoms with Gasteiger partial charge < -0.3 is 18.4 Å². The van der Waals surface area contributed by atoms with Gasteiger partial charge in [-0.2, -0.15) is 0 Å². The average molecular weight is 248 g/mol.